The molecule has 0 aromatic carbocycles. The van der Waals surface area contributed by atoms with Crippen molar-refractivity contribution in [2.24, 2.45) is 0 Å². The first-order valence-corrected chi connectivity index (χ1v) is 26.1. The third-order valence-corrected chi connectivity index (χ3v) is 10.5. The second-order valence-electron chi connectivity index (χ2n) is 16.8. The number of allylic oxidation sites excluding steroid dienone is 20. The maximum absolute atomic E-state index is 12.8. The fourth-order valence-corrected chi connectivity index (χ4v) is 6.66. The molecule has 0 bridgehead atoms. The van der Waals surface area contributed by atoms with Gasteiger partial charge < -0.3 is 14.2 Å². The Morgan fingerprint density at radius 2 is 0.723 bits per heavy atom. The molecule has 0 heterocycles. The average Bonchev–Trinajstić information content (AvgIpc) is 3.30. The van der Waals surface area contributed by atoms with E-state index in [-0.39, 0.29) is 37.5 Å². The summed E-state index contributed by atoms with van der Waals surface area (Å²) in [5.74, 6) is -1.03. The largest absolute Gasteiger partial charge is 0.462 e. The molecular formula is C59H94O6. The van der Waals surface area contributed by atoms with E-state index in [0.29, 0.717) is 19.3 Å². The minimum atomic E-state index is -0.822. The van der Waals surface area contributed by atoms with Gasteiger partial charge in [0.25, 0.3) is 0 Å². The normalized spacial score (nSPS) is 13.1. The van der Waals surface area contributed by atoms with E-state index in [2.05, 4.69) is 99.8 Å². The second-order valence-corrected chi connectivity index (χ2v) is 16.8. The molecule has 0 saturated heterocycles. The highest BCUT2D eigenvalue weighted by atomic mass is 16.6. The Morgan fingerprint density at radius 1 is 0.338 bits per heavy atom. The first-order chi connectivity index (χ1) is 32.0. The Morgan fingerprint density at radius 3 is 1.23 bits per heavy atom. The molecule has 1 atom stereocenters. The molecular weight excluding hydrogens is 805 g/mol. The lowest BCUT2D eigenvalue weighted by atomic mass is 10.1. The molecule has 0 fully saturated rings. The summed E-state index contributed by atoms with van der Waals surface area (Å²) in [6.45, 7) is 6.33. The Balaban J connectivity index is 4.54. The molecule has 0 N–H and O–H groups in total. The van der Waals surface area contributed by atoms with Gasteiger partial charge in [-0.05, 0) is 89.9 Å². The van der Waals surface area contributed by atoms with E-state index in [0.717, 1.165) is 109 Å². The lowest BCUT2D eigenvalue weighted by Gasteiger charge is -2.18. The topological polar surface area (TPSA) is 78.9 Å². The summed E-state index contributed by atoms with van der Waals surface area (Å²) in [4.78, 5) is 38.0. The number of hydrogen-bond acceptors (Lipinski definition) is 6. The Bertz CT molecular complexity index is 1400. The molecule has 0 aliphatic heterocycles. The van der Waals surface area contributed by atoms with Gasteiger partial charge in [0, 0.05) is 19.3 Å². The zero-order valence-electron chi connectivity index (χ0n) is 41.7. The van der Waals surface area contributed by atoms with Gasteiger partial charge in [-0.25, -0.2) is 0 Å². The SMILES string of the molecule is CC/C=C\C/C=C\C/C=C\CCCCCCCCC(=O)OC(COC(=O)CC/C=C\C/C=C\CCCCCCCC)COC(=O)CCCCCCC\C=C/C=C\C=C/C=C\C=C/CCC. The van der Waals surface area contributed by atoms with Gasteiger partial charge in [0.1, 0.15) is 13.2 Å². The van der Waals surface area contributed by atoms with Crippen LogP contribution in [0.1, 0.15) is 213 Å². The first-order valence-electron chi connectivity index (χ1n) is 26.1. The molecule has 0 aromatic rings. The van der Waals surface area contributed by atoms with Crippen LogP contribution >= 0.6 is 0 Å². The van der Waals surface area contributed by atoms with Gasteiger partial charge in [0.15, 0.2) is 6.10 Å². The van der Waals surface area contributed by atoms with Crippen molar-refractivity contribution in [3.05, 3.63) is 122 Å². The molecule has 0 saturated carbocycles. The Labute approximate surface area is 399 Å². The summed E-state index contributed by atoms with van der Waals surface area (Å²) in [5, 5.41) is 0. The third-order valence-electron chi connectivity index (χ3n) is 10.5. The van der Waals surface area contributed by atoms with Gasteiger partial charge >= 0.3 is 17.9 Å². The van der Waals surface area contributed by atoms with Crippen molar-refractivity contribution >= 4 is 17.9 Å². The predicted octanol–water partition coefficient (Wildman–Crippen LogP) is 17.3. The molecule has 0 amide bonds. The minimum Gasteiger partial charge on any atom is -0.462 e. The van der Waals surface area contributed by atoms with Crippen molar-refractivity contribution in [1.82, 2.24) is 0 Å². The van der Waals surface area contributed by atoms with E-state index < -0.39 is 6.10 Å². The zero-order valence-corrected chi connectivity index (χ0v) is 41.7. The number of rotatable bonds is 45. The third kappa shape index (κ3) is 50.7. The number of unbranched alkanes of at least 4 members (excludes halogenated alkanes) is 18. The van der Waals surface area contributed by atoms with Crippen LogP contribution in [-0.2, 0) is 28.6 Å². The van der Waals surface area contributed by atoms with Gasteiger partial charge in [-0.15, -0.1) is 0 Å². The van der Waals surface area contributed by atoms with Crippen molar-refractivity contribution < 1.29 is 28.6 Å². The maximum Gasteiger partial charge on any atom is 0.306 e. The van der Waals surface area contributed by atoms with Crippen LogP contribution in [0.3, 0.4) is 0 Å². The van der Waals surface area contributed by atoms with Crippen LogP contribution in [0.15, 0.2) is 122 Å². The zero-order chi connectivity index (χ0) is 47.2. The molecule has 0 aliphatic rings. The molecule has 0 spiro atoms. The summed E-state index contributed by atoms with van der Waals surface area (Å²) in [7, 11) is 0. The highest BCUT2D eigenvalue weighted by molar-refractivity contribution is 5.71. The van der Waals surface area contributed by atoms with Crippen molar-refractivity contribution in [1.29, 1.82) is 0 Å². The fraction of sp³-hybridized carbons (Fsp3) is 0.610. The van der Waals surface area contributed by atoms with Crippen LogP contribution in [0.2, 0.25) is 0 Å². The van der Waals surface area contributed by atoms with Gasteiger partial charge in [-0.3, -0.25) is 14.4 Å². The van der Waals surface area contributed by atoms with Crippen LogP contribution in [-0.4, -0.2) is 37.2 Å². The van der Waals surface area contributed by atoms with Gasteiger partial charge in [0.2, 0.25) is 0 Å². The first kappa shape index (κ1) is 60.8. The van der Waals surface area contributed by atoms with E-state index in [4.69, 9.17) is 14.2 Å². The van der Waals surface area contributed by atoms with Crippen LogP contribution in [0.5, 0.6) is 0 Å². The molecule has 1 unspecified atom stereocenters. The summed E-state index contributed by atoms with van der Waals surface area (Å²) >= 11 is 0. The Kier molecular flexibility index (Phi) is 49.1. The molecule has 366 valence electrons. The van der Waals surface area contributed by atoms with E-state index >= 15 is 0 Å². The van der Waals surface area contributed by atoms with Gasteiger partial charge in [-0.2, -0.15) is 0 Å². The molecule has 0 aromatic heterocycles. The molecule has 0 aliphatic carbocycles. The van der Waals surface area contributed by atoms with E-state index in [9.17, 15) is 14.4 Å². The number of carbonyl (C=O) groups is 3. The van der Waals surface area contributed by atoms with Crippen molar-refractivity contribution in [3.63, 3.8) is 0 Å². The molecule has 0 radical (unpaired) electrons. The van der Waals surface area contributed by atoms with Crippen LogP contribution in [0.4, 0.5) is 0 Å². The molecule has 6 nitrogen and oxygen atoms in total. The van der Waals surface area contributed by atoms with Crippen LogP contribution in [0, 0.1) is 0 Å². The monoisotopic (exact) mass is 899 g/mol. The fourth-order valence-electron chi connectivity index (χ4n) is 6.66. The van der Waals surface area contributed by atoms with E-state index in [1.807, 2.05) is 42.5 Å². The lowest BCUT2D eigenvalue weighted by molar-refractivity contribution is -0.166. The highest BCUT2D eigenvalue weighted by Crippen LogP contribution is 2.13. The standard InChI is InChI=1S/C59H94O6/c1-4-7-10-13-16-19-22-25-27-29-30-32-34-37-40-43-46-49-52-58(61)64-55-56(54-63-57(60)51-48-45-42-39-36-33-24-21-18-15-12-9-6-3)65-59(62)53-50-47-44-41-38-35-31-28-26-23-20-17-14-11-8-5-2/h8,10-11,13,16-17,19-20,22,25-30,32-33,36,42,45,56H,4-7,9,12,14-15,18,21,23-24,31,34-35,37-41,43-44,46-55H2,1-3H3/b11-8-,13-10-,19-16-,20-17-,25-22-,28-26-,29-27-,32-30-,36-33-,45-42-. The summed E-state index contributed by atoms with van der Waals surface area (Å²) in [6, 6.07) is 0. The number of esters is 3. The quantitative estimate of drug-likeness (QED) is 0.0199. The van der Waals surface area contributed by atoms with Crippen LogP contribution in [0.25, 0.3) is 0 Å². The van der Waals surface area contributed by atoms with Crippen molar-refractivity contribution in [2.75, 3.05) is 13.2 Å². The second kappa shape index (κ2) is 52.4. The molecule has 6 heteroatoms. The predicted molar refractivity (Wildman–Crippen MR) is 279 cm³/mol. The molecule has 65 heavy (non-hydrogen) atoms. The van der Waals surface area contributed by atoms with E-state index in [1.165, 1.54) is 57.8 Å². The van der Waals surface area contributed by atoms with Crippen molar-refractivity contribution in [3.8, 4) is 0 Å². The lowest BCUT2D eigenvalue weighted by Crippen LogP contribution is -2.30. The van der Waals surface area contributed by atoms with Crippen LogP contribution < -0.4 is 0 Å². The summed E-state index contributed by atoms with van der Waals surface area (Å²) in [5.41, 5.74) is 0. The van der Waals surface area contributed by atoms with Gasteiger partial charge in [0.05, 0.1) is 0 Å². The number of carbonyl (C=O) groups excluding carboxylic acids is 3. The average molecular weight is 899 g/mol. The summed E-state index contributed by atoms with van der Waals surface area (Å²) in [6.07, 6.45) is 71.8. The van der Waals surface area contributed by atoms with Crippen molar-refractivity contribution in [2.45, 2.75) is 219 Å². The smallest absolute Gasteiger partial charge is 0.306 e. The highest BCUT2D eigenvalue weighted by Gasteiger charge is 2.19. The molecule has 0 rings (SSSR count). The number of hydrogen-bond donors (Lipinski definition) is 0. The van der Waals surface area contributed by atoms with E-state index in [1.54, 1.807) is 0 Å². The maximum atomic E-state index is 12.8. The van der Waals surface area contributed by atoms with Gasteiger partial charge in [-0.1, -0.05) is 226 Å². The number of ether oxygens (including phenoxy) is 3. The Hall–Kier alpha value is -4.19. The minimum absolute atomic E-state index is 0.118. The summed E-state index contributed by atoms with van der Waals surface area (Å²) < 4.78 is 16.7.